The zero-order valence-corrected chi connectivity index (χ0v) is 16.4. The van der Waals surface area contributed by atoms with Crippen LogP contribution in [0.15, 0.2) is 48.7 Å². The van der Waals surface area contributed by atoms with E-state index in [2.05, 4.69) is 66.7 Å². The predicted octanol–water partition coefficient (Wildman–Crippen LogP) is 4.76. The van der Waals surface area contributed by atoms with Crippen molar-refractivity contribution in [2.24, 2.45) is 0 Å². The number of hydrogen-bond donors (Lipinski definition) is 3. The van der Waals surface area contributed by atoms with Crippen molar-refractivity contribution in [2.75, 3.05) is 18.4 Å². The van der Waals surface area contributed by atoms with Crippen molar-refractivity contribution in [1.82, 2.24) is 10.3 Å². The molecule has 4 heteroatoms. The van der Waals surface area contributed by atoms with Crippen LogP contribution in [0, 0.1) is 6.92 Å². The summed E-state index contributed by atoms with van der Waals surface area (Å²) in [6.45, 7) is 7.79. The summed E-state index contributed by atoms with van der Waals surface area (Å²) in [5, 5.41) is 7.72. The summed E-state index contributed by atoms with van der Waals surface area (Å²) in [4.78, 5) is 15.4. The number of fused-ring (bicyclic) bond motifs is 1. The summed E-state index contributed by atoms with van der Waals surface area (Å²) >= 11 is 0. The van der Waals surface area contributed by atoms with Gasteiger partial charge in [-0.2, -0.15) is 0 Å². The Bertz CT molecular complexity index is 911. The van der Waals surface area contributed by atoms with Gasteiger partial charge in [0, 0.05) is 42.3 Å². The van der Waals surface area contributed by atoms with E-state index in [0.717, 1.165) is 11.9 Å². The second-order valence-corrected chi connectivity index (χ2v) is 7.33. The van der Waals surface area contributed by atoms with Gasteiger partial charge in [-0.3, -0.25) is 4.79 Å². The van der Waals surface area contributed by atoms with Crippen LogP contribution in [-0.2, 0) is 11.2 Å². The highest BCUT2D eigenvalue weighted by Crippen LogP contribution is 2.27. The van der Waals surface area contributed by atoms with Crippen molar-refractivity contribution in [3.05, 3.63) is 65.4 Å². The molecular weight excluding hydrogens is 334 g/mol. The molecule has 1 aromatic heterocycles. The molecule has 0 unspecified atom stereocenters. The van der Waals surface area contributed by atoms with Gasteiger partial charge in [0.05, 0.1) is 0 Å². The van der Waals surface area contributed by atoms with Gasteiger partial charge in [-0.1, -0.05) is 50.2 Å². The molecule has 0 atom stereocenters. The topological polar surface area (TPSA) is 56.9 Å². The molecule has 3 N–H and O–H groups in total. The average molecular weight is 364 g/mol. The molecule has 0 bridgehead atoms. The summed E-state index contributed by atoms with van der Waals surface area (Å²) in [5.41, 5.74) is 6.07. The van der Waals surface area contributed by atoms with Crippen LogP contribution in [0.1, 0.15) is 42.9 Å². The lowest BCUT2D eigenvalue weighted by atomic mass is 9.98. The molecule has 3 rings (SSSR count). The zero-order valence-electron chi connectivity index (χ0n) is 16.4. The number of anilines is 1. The summed E-state index contributed by atoms with van der Waals surface area (Å²) < 4.78 is 0. The van der Waals surface area contributed by atoms with E-state index in [1.165, 1.54) is 27.8 Å². The molecule has 1 heterocycles. The molecule has 0 fully saturated rings. The van der Waals surface area contributed by atoms with Crippen LogP contribution in [0.3, 0.4) is 0 Å². The molecule has 3 aromatic rings. The van der Waals surface area contributed by atoms with Gasteiger partial charge >= 0.3 is 0 Å². The number of aryl methyl sites for hydroxylation is 1. The van der Waals surface area contributed by atoms with Gasteiger partial charge in [-0.05, 0) is 42.0 Å². The maximum Gasteiger partial charge on any atom is 0.221 e. The Hall–Kier alpha value is -2.75. The van der Waals surface area contributed by atoms with Crippen molar-refractivity contribution in [3.63, 3.8) is 0 Å². The molecule has 2 aromatic carbocycles. The molecular formula is C23H29N3O. The number of benzene rings is 2. The minimum atomic E-state index is 0.0852. The highest BCUT2D eigenvalue weighted by molar-refractivity contribution is 5.83. The number of aromatic amines is 1. The Kier molecular flexibility index (Phi) is 6.17. The van der Waals surface area contributed by atoms with E-state index in [-0.39, 0.29) is 5.91 Å². The van der Waals surface area contributed by atoms with E-state index in [4.69, 9.17) is 0 Å². The van der Waals surface area contributed by atoms with Crippen molar-refractivity contribution in [3.8, 4) is 0 Å². The number of hydrogen-bond acceptors (Lipinski definition) is 2. The lowest BCUT2D eigenvalue weighted by molar-refractivity contribution is -0.120. The van der Waals surface area contributed by atoms with E-state index in [0.29, 0.717) is 25.4 Å². The Morgan fingerprint density at radius 2 is 1.89 bits per heavy atom. The number of amides is 1. The number of para-hydroxylation sites is 2. The monoisotopic (exact) mass is 363 g/mol. The second kappa shape index (κ2) is 8.76. The lowest BCUT2D eigenvalue weighted by Gasteiger charge is -2.17. The Balaban J connectivity index is 1.45. The summed E-state index contributed by atoms with van der Waals surface area (Å²) in [6, 6.07) is 14.6. The van der Waals surface area contributed by atoms with Gasteiger partial charge in [-0.15, -0.1) is 0 Å². The van der Waals surface area contributed by atoms with Crippen molar-refractivity contribution >= 4 is 22.5 Å². The standard InChI is InChI=1S/C23H29N3O/c1-16(2)19-9-6-7-17(3)23(19)25-14-12-22(27)24-13-11-18-15-26-21-10-5-4-8-20(18)21/h4-10,15-16,25-26H,11-14H2,1-3H3,(H,24,27). The summed E-state index contributed by atoms with van der Waals surface area (Å²) in [5.74, 6) is 0.541. The molecule has 1 amide bonds. The number of H-pyrrole nitrogens is 1. The van der Waals surface area contributed by atoms with Crippen LogP contribution in [0.5, 0.6) is 0 Å². The Morgan fingerprint density at radius 3 is 2.70 bits per heavy atom. The number of nitrogens with one attached hydrogen (secondary N) is 3. The first-order valence-corrected chi connectivity index (χ1v) is 9.71. The van der Waals surface area contributed by atoms with E-state index >= 15 is 0 Å². The number of carbonyl (C=O) groups is 1. The summed E-state index contributed by atoms with van der Waals surface area (Å²) in [6.07, 6.45) is 3.34. The molecule has 0 spiro atoms. The second-order valence-electron chi connectivity index (χ2n) is 7.33. The highest BCUT2D eigenvalue weighted by atomic mass is 16.1. The molecule has 0 radical (unpaired) electrons. The smallest absolute Gasteiger partial charge is 0.221 e. The van der Waals surface area contributed by atoms with E-state index in [9.17, 15) is 4.79 Å². The highest BCUT2D eigenvalue weighted by Gasteiger charge is 2.09. The molecule has 0 aliphatic heterocycles. The summed E-state index contributed by atoms with van der Waals surface area (Å²) in [7, 11) is 0. The van der Waals surface area contributed by atoms with Crippen molar-refractivity contribution in [1.29, 1.82) is 0 Å². The van der Waals surface area contributed by atoms with Crippen molar-refractivity contribution < 1.29 is 4.79 Å². The fraction of sp³-hybridized carbons (Fsp3) is 0.348. The fourth-order valence-corrected chi connectivity index (χ4v) is 3.48. The van der Waals surface area contributed by atoms with E-state index < -0.39 is 0 Å². The number of rotatable bonds is 8. The van der Waals surface area contributed by atoms with E-state index in [1.54, 1.807) is 0 Å². The molecule has 142 valence electrons. The molecule has 0 aliphatic rings. The largest absolute Gasteiger partial charge is 0.384 e. The molecule has 0 saturated heterocycles. The molecule has 0 saturated carbocycles. The van der Waals surface area contributed by atoms with Gasteiger partial charge in [0.15, 0.2) is 0 Å². The third-order valence-corrected chi connectivity index (χ3v) is 4.97. The van der Waals surface area contributed by atoms with Crippen LogP contribution in [0.25, 0.3) is 10.9 Å². The SMILES string of the molecule is Cc1cccc(C(C)C)c1NCCC(=O)NCCc1c[nH]c2ccccc12. The van der Waals surface area contributed by atoms with Crippen LogP contribution in [0.2, 0.25) is 0 Å². The average Bonchev–Trinajstić information content (AvgIpc) is 3.06. The Morgan fingerprint density at radius 1 is 1.07 bits per heavy atom. The van der Waals surface area contributed by atoms with Crippen LogP contribution < -0.4 is 10.6 Å². The third-order valence-electron chi connectivity index (χ3n) is 4.97. The number of carbonyl (C=O) groups excluding carboxylic acids is 1. The van der Waals surface area contributed by atoms with Crippen molar-refractivity contribution in [2.45, 2.75) is 39.5 Å². The van der Waals surface area contributed by atoms with Crippen LogP contribution >= 0.6 is 0 Å². The van der Waals surface area contributed by atoms with Gasteiger partial charge in [0.2, 0.25) is 5.91 Å². The van der Waals surface area contributed by atoms with Gasteiger partial charge in [0.25, 0.3) is 0 Å². The zero-order chi connectivity index (χ0) is 19.2. The quantitative estimate of drug-likeness (QED) is 0.540. The molecule has 4 nitrogen and oxygen atoms in total. The third kappa shape index (κ3) is 4.70. The minimum Gasteiger partial charge on any atom is -0.384 e. The normalized spacial score (nSPS) is 11.1. The Labute approximate surface area is 161 Å². The predicted molar refractivity (Wildman–Crippen MR) is 113 cm³/mol. The van der Waals surface area contributed by atoms with Gasteiger partial charge < -0.3 is 15.6 Å². The van der Waals surface area contributed by atoms with Gasteiger partial charge in [-0.25, -0.2) is 0 Å². The maximum absolute atomic E-state index is 12.2. The van der Waals surface area contributed by atoms with Crippen LogP contribution in [-0.4, -0.2) is 24.0 Å². The molecule has 27 heavy (non-hydrogen) atoms. The first kappa shape index (κ1) is 19.0. The fourth-order valence-electron chi connectivity index (χ4n) is 3.48. The minimum absolute atomic E-state index is 0.0852. The van der Waals surface area contributed by atoms with Crippen LogP contribution in [0.4, 0.5) is 5.69 Å². The number of aromatic nitrogens is 1. The maximum atomic E-state index is 12.2. The first-order valence-electron chi connectivity index (χ1n) is 9.71. The van der Waals surface area contributed by atoms with Gasteiger partial charge in [0.1, 0.15) is 0 Å². The first-order chi connectivity index (χ1) is 13.1. The lowest BCUT2D eigenvalue weighted by Crippen LogP contribution is -2.27. The van der Waals surface area contributed by atoms with E-state index in [1.807, 2.05) is 18.3 Å². The molecule has 0 aliphatic carbocycles.